The van der Waals surface area contributed by atoms with E-state index in [0.29, 0.717) is 31.2 Å². The Morgan fingerprint density at radius 3 is 2.55 bits per heavy atom. The third-order valence-corrected chi connectivity index (χ3v) is 4.73. The quantitative estimate of drug-likeness (QED) is 0.774. The average Bonchev–Trinajstić information content (AvgIpc) is 2.78. The van der Waals surface area contributed by atoms with Gasteiger partial charge in [-0.25, -0.2) is 0 Å². The molecule has 154 valence electrons. The highest BCUT2D eigenvalue weighted by Gasteiger charge is 2.28. The summed E-state index contributed by atoms with van der Waals surface area (Å²) >= 11 is 0. The van der Waals surface area contributed by atoms with E-state index in [0.717, 1.165) is 5.56 Å². The minimum absolute atomic E-state index is 0.139. The summed E-state index contributed by atoms with van der Waals surface area (Å²) in [6.45, 7) is 2.90. The number of ether oxygens (including phenoxy) is 3. The minimum Gasteiger partial charge on any atom is -0.493 e. The lowest BCUT2D eigenvalue weighted by Crippen LogP contribution is -2.51. The summed E-state index contributed by atoms with van der Waals surface area (Å²) in [5.74, 6) is 0.511. The zero-order valence-corrected chi connectivity index (χ0v) is 16.7. The molecule has 1 unspecified atom stereocenters. The fourth-order valence-corrected chi connectivity index (χ4v) is 3.22. The Kier molecular flexibility index (Phi) is 7.08. The first-order valence-corrected chi connectivity index (χ1v) is 9.59. The Hall–Kier alpha value is -3.06. The molecule has 1 heterocycles. The van der Waals surface area contributed by atoms with Crippen LogP contribution < -0.4 is 14.8 Å². The van der Waals surface area contributed by atoms with Gasteiger partial charge in [0.15, 0.2) is 18.1 Å². The van der Waals surface area contributed by atoms with Gasteiger partial charge in [0.1, 0.15) is 12.1 Å². The highest BCUT2D eigenvalue weighted by molar-refractivity contribution is 5.88. The molecule has 0 radical (unpaired) electrons. The van der Waals surface area contributed by atoms with E-state index in [2.05, 4.69) is 5.32 Å². The van der Waals surface area contributed by atoms with Crippen LogP contribution in [0, 0.1) is 0 Å². The number of amides is 2. The number of morpholine rings is 1. The minimum atomic E-state index is -0.654. The molecule has 7 heteroatoms. The zero-order chi connectivity index (χ0) is 20.6. The molecule has 1 fully saturated rings. The van der Waals surface area contributed by atoms with Crippen molar-refractivity contribution in [3.05, 3.63) is 60.2 Å². The summed E-state index contributed by atoms with van der Waals surface area (Å²) in [5, 5.41) is 2.70. The SMILES string of the molecule is COc1ccccc1OCC(=O)N[C@@H](C)C(=O)N1CCOC(c2ccccc2)C1. The number of hydrogen-bond donors (Lipinski definition) is 1. The number of carbonyl (C=O) groups excluding carboxylic acids is 2. The number of hydrogen-bond acceptors (Lipinski definition) is 5. The summed E-state index contributed by atoms with van der Waals surface area (Å²) in [5.41, 5.74) is 1.03. The van der Waals surface area contributed by atoms with Crippen molar-refractivity contribution in [1.29, 1.82) is 0 Å². The van der Waals surface area contributed by atoms with Crippen LogP contribution in [0.4, 0.5) is 0 Å². The van der Waals surface area contributed by atoms with Crippen molar-refractivity contribution in [1.82, 2.24) is 10.2 Å². The summed E-state index contributed by atoms with van der Waals surface area (Å²) in [6, 6.07) is 16.2. The van der Waals surface area contributed by atoms with Gasteiger partial charge in [-0.15, -0.1) is 0 Å². The highest BCUT2D eigenvalue weighted by Crippen LogP contribution is 2.25. The number of nitrogens with one attached hydrogen (secondary N) is 1. The van der Waals surface area contributed by atoms with Gasteiger partial charge in [0, 0.05) is 6.54 Å². The van der Waals surface area contributed by atoms with Crippen molar-refractivity contribution in [2.45, 2.75) is 19.1 Å². The number of carbonyl (C=O) groups is 2. The van der Waals surface area contributed by atoms with Crippen LogP contribution in [0.1, 0.15) is 18.6 Å². The molecule has 3 rings (SSSR count). The number of nitrogens with zero attached hydrogens (tertiary/aromatic N) is 1. The lowest BCUT2D eigenvalue weighted by Gasteiger charge is -2.34. The van der Waals surface area contributed by atoms with E-state index in [1.807, 2.05) is 36.4 Å². The van der Waals surface area contributed by atoms with Crippen LogP contribution in [0.25, 0.3) is 0 Å². The standard InChI is InChI=1S/C22H26N2O5/c1-16(23-21(25)15-29-19-11-7-6-10-18(19)27-2)22(26)24-12-13-28-20(14-24)17-8-4-3-5-9-17/h3-11,16,20H,12-15H2,1-2H3,(H,23,25)/t16-,20?/m0/s1. The van der Waals surface area contributed by atoms with E-state index in [1.165, 1.54) is 7.11 Å². The molecule has 0 bridgehead atoms. The van der Waals surface area contributed by atoms with Gasteiger partial charge in [-0.1, -0.05) is 42.5 Å². The van der Waals surface area contributed by atoms with Crippen LogP contribution >= 0.6 is 0 Å². The van der Waals surface area contributed by atoms with E-state index in [-0.39, 0.29) is 24.5 Å². The van der Waals surface area contributed by atoms with Crippen molar-refractivity contribution in [2.24, 2.45) is 0 Å². The van der Waals surface area contributed by atoms with Crippen LogP contribution in [-0.4, -0.2) is 56.2 Å². The van der Waals surface area contributed by atoms with Gasteiger partial charge < -0.3 is 24.4 Å². The molecule has 1 N–H and O–H groups in total. The predicted molar refractivity (Wildman–Crippen MR) is 108 cm³/mol. The Morgan fingerprint density at radius 2 is 1.83 bits per heavy atom. The van der Waals surface area contributed by atoms with Crippen molar-refractivity contribution in [2.75, 3.05) is 33.4 Å². The fourth-order valence-electron chi connectivity index (χ4n) is 3.22. The molecular formula is C22H26N2O5. The molecule has 1 aliphatic heterocycles. The molecule has 0 saturated carbocycles. The average molecular weight is 398 g/mol. The maximum absolute atomic E-state index is 12.8. The molecular weight excluding hydrogens is 372 g/mol. The van der Waals surface area contributed by atoms with Crippen LogP contribution in [0.2, 0.25) is 0 Å². The summed E-state index contributed by atoms with van der Waals surface area (Å²) in [7, 11) is 1.54. The van der Waals surface area contributed by atoms with Gasteiger partial charge in [0.2, 0.25) is 5.91 Å². The smallest absolute Gasteiger partial charge is 0.258 e. The molecule has 1 aliphatic rings. The summed E-state index contributed by atoms with van der Waals surface area (Å²) in [6.07, 6.45) is -0.161. The molecule has 1 saturated heterocycles. The molecule has 2 aromatic rings. The monoisotopic (exact) mass is 398 g/mol. The number of benzene rings is 2. The number of para-hydroxylation sites is 2. The first kappa shape index (κ1) is 20.7. The fraction of sp³-hybridized carbons (Fsp3) is 0.364. The van der Waals surface area contributed by atoms with Gasteiger partial charge in [0.05, 0.1) is 20.3 Å². The lowest BCUT2D eigenvalue weighted by atomic mass is 10.1. The van der Waals surface area contributed by atoms with E-state index in [4.69, 9.17) is 14.2 Å². The summed E-state index contributed by atoms with van der Waals surface area (Å²) < 4.78 is 16.5. The zero-order valence-electron chi connectivity index (χ0n) is 16.7. The van der Waals surface area contributed by atoms with Crippen LogP contribution in [0.15, 0.2) is 54.6 Å². The molecule has 0 aliphatic carbocycles. The second-order valence-corrected chi connectivity index (χ2v) is 6.78. The van der Waals surface area contributed by atoms with Crippen molar-refractivity contribution in [3.8, 4) is 11.5 Å². The van der Waals surface area contributed by atoms with E-state index < -0.39 is 6.04 Å². The molecule has 2 amide bonds. The highest BCUT2D eigenvalue weighted by atomic mass is 16.5. The Morgan fingerprint density at radius 1 is 1.14 bits per heavy atom. The first-order chi connectivity index (χ1) is 14.1. The second kappa shape index (κ2) is 9.93. The molecule has 7 nitrogen and oxygen atoms in total. The van der Waals surface area contributed by atoms with Crippen LogP contribution in [0.5, 0.6) is 11.5 Å². The molecule has 29 heavy (non-hydrogen) atoms. The van der Waals surface area contributed by atoms with Crippen LogP contribution in [-0.2, 0) is 14.3 Å². The number of rotatable bonds is 7. The van der Waals surface area contributed by atoms with E-state index >= 15 is 0 Å². The molecule has 2 aromatic carbocycles. The van der Waals surface area contributed by atoms with Crippen molar-refractivity contribution < 1.29 is 23.8 Å². The normalized spacial score (nSPS) is 17.3. The van der Waals surface area contributed by atoms with E-state index in [9.17, 15) is 9.59 Å². The third-order valence-electron chi connectivity index (χ3n) is 4.73. The van der Waals surface area contributed by atoms with Crippen molar-refractivity contribution in [3.63, 3.8) is 0 Å². The molecule has 2 atom stereocenters. The Bertz CT molecular complexity index is 827. The summed E-state index contributed by atoms with van der Waals surface area (Å²) in [4.78, 5) is 26.7. The number of methoxy groups -OCH3 is 1. The first-order valence-electron chi connectivity index (χ1n) is 9.59. The van der Waals surface area contributed by atoms with Gasteiger partial charge in [-0.05, 0) is 24.6 Å². The lowest BCUT2D eigenvalue weighted by molar-refractivity contribution is -0.143. The topological polar surface area (TPSA) is 77.1 Å². The van der Waals surface area contributed by atoms with Gasteiger partial charge >= 0.3 is 0 Å². The van der Waals surface area contributed by atoms with Gasteiger partial charge in [-0.2, -0.15) is 0 Å². The van der Waals surface area contributed by atoms with Gasteiger partial charge in [0.25, 0.3) is 5.91 Å². The largest absolute Gasteiger partial charge is 0.493 e. The molecule has 0 spiro atoms. The predicted octanol–water partition coefficient (Wildman–Crippen LogP) is 2.18. The third kappa shape index (κ3) is 5.48. The second-order valence-electron chi connectivity index (χ2n) is 6.78. The maximum atomic E-state index is 12.8. The molecule has 0 aromatic heterocycles. The Labute approximate surface area is 170 Å². The Balaban J connectivity index is 1.51. The maximum Gasteiger partial charge on any atom is 0.258 e. The van der Waals surface area contributed by atoms with E-state index in [1.54, 1.807) is 30.0 Å². The van der Waals surface area contributed by atoms with Crippen LogP contribution in [0.3, 0.4) is 0 Å². The van der Waals surface area contributed by atoms with Crippen molar-refractivity contribution >= 4 is 11.8 Å². The van der Waals surface area contributed by atoms with Gasteiger partial charge in [-0.3, -0.25) is 9.59 Å².